The Bertz CT molecular complexity index is 990. The van der Waals surface area contributed by atoms with Gasteiger partial charge in [0.25, 0.3) is 0 Å². The molecule has 1 aliphatic rings. The normalized spacial score (nSPS) is 14.1. The minimum atomic E-state index is 0.195. The zero-order valence-electron chi connectivity index (χ0n) is 17.7. The predicted molar refractivity (Wildman–Crippen MR) is 121 cm³/mol. The summed E-state index contributed by atoms with van der Waals surface area (Å²) in [5.41, 5.74) is 5.56. The zero-order chi connectivity index (χ0) is 20.9. The molecule has 1 aromatic heterocycles. The van der Waals surface area contributed by atoms with Crippen LogP contribution >= 0.6 is 0 Å². The van der Waals surface area contributed by atoms with Crippen molar-refractivity contribution in [3.63, 3.8) is 0 Å². The number of carbonyl (C=O) groups excluding carboxylic acids is 1. The number of piperazine rings is 1. The number of hydrogen-bond donors (Lipinski definition) is 0. The molecular weight excluding hydrogens is 372 g/mol. The molecular formula is C25H28N4O. The first-order chi connectivity index (χ1) is 14.6. The summed E-state index contributed by atoms with van der Waals surface area (Å²) in [5.74, 6) is 1.07. The van der Waals surface area contributed by atoms with Gasteiger partial charge < -0.3 is 9.80 Å². The third-order valence-electron chi connectivity index (χ3n) is 5.87. The number of rotatable bonds is 5. The minimum Gasteiger partial charge on any atom is -0.352 e. The smallest absolute Gasteiger partial charge is 0.227 e. The summed E-state index contributed by atoms with van der Waals surface area (Å²) >= 11 is 0. The van der Waals surface area contributed by atoms with Crippen molar-refractivity contribution < 1.29 is 4.79 Å². The summed E-state index contributed by atoms with van der Waals surface area (Å²) in [7, 11) is 0. The van der Waals surface area contributed by atoms with Gasteiger partial charge in [-0.3, -0.25) is 4.79 Å². The molecule has 0 bridgehead atoms. The van der Waals surface area contributed by atoms with Crippen LogP contribution in [0.15, 0.2) is 60.7 Å². The average molecular weight is 401 g/mol. The molecule has 30 heavy (non-hydrogen) atoms. The highest BCUT2D eigenvalue weighted by Gasteiger charge is 2.22. The van der Waals surface area contributed by atoms with Gasteiger partial charge in [0.1, 0.15) is 0 Å². The quantitative estimate of drug-likeness (QED) is 0.652. The van der Waals surface area contributed by atoms with Gasteiger partial charge in [-0.25, -0.2) is 0 Å². The van der Waals surface area contributed by atoms with Gasteiger partial charge in [-0.2, -0.15) is 0 Å². The molecule has 1 amide bonds. The molecule has 1 saturated heterocycles. The van der Waals surface area contributed by atoms with E-state index in [2.05, 4.69) is 59.3 Å². The van der Waals surface area contributed by atoms with E-state index in [1.165, 1.54) is 11.1 Å². The number of nitrogens with zero attached hydrogens (tertiary/aromatic N) is 4. The molecule has 1 aliphatic heterocycles. The fourth-order valence-corrected chi connectivity index (χ4v) is 3.83. The molecule has 2 heterocycles. The average Bonchev–Trinajstić information content (AvgIpc) is 2.81. The van der Waals surface area contributed by atoms with Crippen molar-refractivity contribution in [2.24, 2.45) is 0 Å². The second-order valence-electron chi connectivity index (χ2n) is 7.80. The van der Waals surface area contributed by atoms with Crippen molar-refractivity contribution in [1.29, 1.82) is 0 Å². The molecule has 2 aromatic carbocycles. The van der Waals surface area contributed by atoms with E-state index in [-0.39, 0.29) is 5.91 Å². The molecule has 154 valence electrons. The molecule has 0 atom stereocenters. The number of carbonyl (C=O) groups is 1. The Hall–Kier alpha value is -3.21. The number of amides is 1. The number of anilines is 1. The number of benzene rings is 2. The van der Waals surface area contributed by atoms with Crippen LogP contribution in [0.25, 0.3) is 11.3 Å². The van der Waals surface area contributed by atoms with Crippen molar-refractivity contribution in [3.8, 4) is 11.3 Å². The molecule has 1 fully saturated rings. The van der Waals surface area contributed by atoms with Crippen molar-refractivity contribution in [1.82, 2.24) is 15.1 Å². The maximum Gasteiger partial charge on any atom is 0.227 e. The highest BCUT2D eigenvalue weighted by Crippen LogP contribution is 2.20. The summed E-state index contributed by atoms with van der Waals surface area (Å²) < 4.78 is 0. The van der Waals surface area contributed by atoms with E-state index in [0.717, 1.165) is 42.1 Å². The van der Waals surface area contributed by atoms with Crippen molar-refractivity contribution in [2.75, 3.05) is 31.1 Å². The molecule has 3 aromatic rings. The largest absolute Gasteiger partial charge is 0.352 e. The van der Waals surface area contributed by atoms with Crippen molar-refractivity contribution >= 4 is 11.7 Å². The molecule has 0 aliphatic carbocycles. The Morgan fingerprint density at radius 1 is 0.900 bits per heavy atom. The molecule has 0 N–H and O–H groups in total. The summed E-state index contributed by atoms with van der Waals surface area (Å²) in [4.78, 5) is 16.9. The van der Waals surface area contributed by atoms with Crippen LogP contribution in [0, 0.1) is 6.92 Å². The Balaban J connectivity index is 1.34. The maximum atomic E-state index is 12.7. The van der Waals surface area contributed by atoms with Gasteiger partial charge >= 0.3 is 0 Å². The van der Waals surface area contributed by atoms with Crippen LogP contribution in [0.5, 0.6) is 0 Å². The van der Waals surface area contributed by atoms with Crippen molar-refractivity contribution in [3.05, 3.63) is 77.4 Å². The molecule has 4 rings (SSSR count). The molecule has 0 unspecified atom stereocenters. The first kappa shape index (κ1) is 20.1. The standard InChI is InChI=1S/C25H28N4O/c1-3-20-8-10-21(11-9-20)23-12-13-24(27-26-23)28-14-16-29(17-15-28)25(30)18-22-7-5-4-6-19(22)2/h4-13H,3,14-18H2,1-2H3. The fourth-order valence-electron chi connectivity index (χ4n) is 3.83. The SMILES string of the molecule is CCc1ccc(-c2ccc(N3CCN(C(=O)Cc4ccccc4C)CC3)nn2)cc1. The van der Waals surface area contributed by atoms with Gasteiger partial charge in [-0.05, 0) is 42.2 Å². The number of aryl methyl sites for hydroxylation is 2. The second kappa shape index (κ2) is 9.08. The molecule has 0 saturated carbocycles. The van der Waals surface area contributed by atoms with E-state index in [0.29, 0.717) is 19.5 Å². The Morgan fingerprint density at radius 3 is 2.27 bits per heavy atom. The summed E-state index contributed by atoms with van der Waals surface area (Å²) in [6.07, 6.45) is 1.50. The van der Waals surface area contributed by atoms with Crippen molar-refractivity contribution in [2.45, 2.75) is 26.7 Å². The third-order valence-corrected chi connectivity index (χ3v) is 5.87. The third kappa shape index (κ3) is 4.51. The molecule has 0 spiro atoms. The Labute approximate surface area is 178 Å². The van der Waals surface area contributed by atoms with E-state index in [1.807, 2.05) is 35.2 Å². The van der Waals surface area contributed by atoms with Gasteiger partial charge in [0, 0.05) is 31.7 Å². The van der Waals surface area contributed by atoms with Crippen LogP contribution in [0.3, 0.4) is 0 Å². The molecule has 0 radical (unpaired) electrons. The summed E-state index contributed by atoms with van der Waals surface area (Å²) in [6, 6.07) is 20.6. The van der Waals surface area contributed by atoms with Crippen LogP contribution in [0.4, 0.5) is 5.82 Å². The van der Waals surface area contributed by atoms with E-state index in [9.17, 15) is 4.79 Å². The monoisotopic (exact) mass is 400 g/mol. The Kier molecular flexibility index (Phi) is 6.07. The van der Waals surface area contributed by atoms with E-state index in [1.54, 1.807) is 0 Å². The van der Waals surface area contributed by atoms with Gasteiger partial charge in [0.15, 0.2) is 5.82 Å². The summed E-state index contributed by atoms with van der Waals surface area (Å²) in [6.45, 7) is 7.19. The summed E-state index contributed by atoms with van der Waals surface area (Å²) in [5, 5.41) is 8.87. The van der Waals surface area contributed by atoms with Crippen LogP contribution in [-0.4, -0.2) is 47.2 Å². The highest BCUT2D eigenvalue weighted by atomic mass is 16.2. The lowest BCUT2D eigenvalue weighted by molar-refractivity contribution is -0.130. The zero-order valence-corrected chi connectivity index (χ0v) is 17.7. The molecule has 5 heteroatoms. The van der Waals surface area contributed by atoms with Gasteiger partial charge in [-0.15, -0.1) is 10.2 Å². The van der Waals surface area contributed by atoms with E-state index in [4.69, 9.17) is 0 Å². The fraction of sp³-hybridized carbons (Fsp3) is 0.320. The first-order valence-corrected chi connectivity index (χ1v) is 10.6. The van der Waals surface area contributed by atoms with E-state index >= 15 is 0 Å². The number of aromatic nitrogens is 2. The predicted octanol–water partition coefficient (Wildman–Crippen LogP) is 3.91. The number of hydrogen-bond acceptors (Lipinski definition) is 4. The highest BCUT2D eigenvalue weighted by molar-refractivity contribution is 5.79. The van der Waals surface area contributed by atoms with Gasteiger partial charge in [-0.1, -0.05) is 55.5 Å². The lowest BCUT2D eigenvalue weighted by Gasteiger charge is -2.35. The lowest BCUT2D eigenvalue weighted by Crippen LogP contribution is -2.49. The van der Waals surface area contributed by atoms with Crippen LogP contribution in [0.1, 0.15) is 23.6 Å². The Morgan fingerprint density at radius 2 is 1.63 bits per heavy atom. The van der Waals surface area contributed by atoms with Gasteiger partial charge in [0.05, 0.1) is 12.1 Å². The first-order valence-electron chi connectivity index (χ1n) is 10.6. The second-order valence-corrected chi connectivity index (χ2v) is 7.80. The van der Waals surface area contributed by atoms with E-state index < -0.39 is 0 Å². The maximum absolute atomic E-state index is 12.7. The topological polar surface area (TPSA) is 49.3 Å². The molecule has 5 nitrogen and oxygen atoms in total. The van der Waals surface area contributed by atoms with Gasteiger partial charge in [0.2, 0.25) is 5.91 Å². The van der Waals surface area contributed by atoms with Crippen LogP contribution in [-0.2, 0) is 17.6 Å². The van der Waals surface area contributed by atoms with Crippen LogP contribution in [0.2, 0.25) is 0 Å². The van der Waals surface area contributed by atoms with Crippen LogP contribution < -0.4 is 4.90 Å². The lowest BCUT2D eigenvalue weighted by atomic mass is 10.1. The minimum absolute atomic E-state index is 0.195.